The number of nitro benzene ring substituents is 1. The molecule has 0 saturated heterocycles. The largest absolute Gasteiger partial charge is 0.454 e. The van der Waals surface area contributed by atoms with Gasteiger partial charge in [0.1, 0.15) is 6.54 Å². The van der Waals surface area contributed by atoms with Gasteiger partial charge in [-0.1, -0.05) is 6.07 Å². The molecule has 0 radical (unpaired) electrons. The molecule has 1 amide bonds. The van der Waals surface area contributed by atoms with Crippen molar-refractivity contribution in [3.05, 3.63) is 52.6 Å². The second-order valence-electron chi connectivity index (χ2n) is 5.66. The van der Waals surface area contributed by atoms with Gasteiger partial charge in [-0.25, -0.2) is 8.42 Å². The molecule has 0 bridgehead atoms. The van der Waals surface area contributed by atoms with E-state index < -0.39 is 27.4 Å². The molecule has 11 heteroatoms. The maximum absolute atomic E-state index is 12.3. The van der Waals surface area contributed by atoms with E-state index in [0.717, 1.165) is 16.6 Å². The lowest BCUT2D eigenvalue weighted by atomic mass is 10.2. The van der Waals surface area contributed by atoms with E-state index in [4.69, 9.17) is 9.47 Å². The number of anilines is 2. The topological polar surface area (TPSA) is 128 Å². The lowest BCUT2D eigenvalue weighted by molar-refractivity contribution is -0.384. The highest BCUT2D eigenvalue weighted by molar-refractivity contribution is 7.92. The molecular formula is C16H15N3O7S. The third kappa shape index (κ3) is 4.26. The minimum Gasteiger partial charge on any atom is -0.454 e. The zero-order chi connectivity index (χ0) is 19.6. The van der Waals surface area contributed by atoms with Gasteiger partial charge in [-0.05, 0) is 18.2 Å². The summed E-state index contributed by atoms with van der Waals surface area (Å²) in [7, 11) is -3.85. The Bertz CT molecular complexity index is 1010. The Hall–Kier alpha value is -3.34. The van der Waals surface area contributed by atoms with Gasteiger partial charge in [0.2, 0.25) is 22.7 Å². The maximum atomic E-state index is 12.3. The molecule has 10 nitrogen and oxygen atoms in total. The number of carbonyl (C=O) groups excluding carboxylic acids is 1. The Labute approximate surface area is 154 Å². The normalized spacial score (nSPS) is 12.5. The van der Waals surface area contributed by atoms with Gasteiger partial charge < -0.3 is 14.8 Å². The molecular weight excluding hydrogens is 378 g/mol. The van der Waals surface area contributed by atoms with Gasteiger partial charge in [-0.15, -0.1) is 0 Å². The molecule has 3 rings (SSSR count). The van der Waals surface area contributed by atoms with Crippen LogP contribution in [0.3, 0.4) is 0 Å². The Kier molecular flexibility index (Phi) is 4.86. The number of nitrogens with one attached hydrogen (secondary N) is 1. The average molecular weight is 393 g/mol. The third-order valence-electron chi connectivity index (χ3n) is 3.67. The molecule has 0 saturated carbocycles. The van der Waals surface area contributed by atoms with Crippen LogP contribution in [0.4, 0.5) is 17.1 Å². The molecule has 1 heterocycles. The average Bonchev–Trinajstić information content (AvgIpc) is 3.06. The van der Waals surface area contributed by atoms with E-state index in [1.807, 2.05) is 0 Å². The number of nitrogens with zero attached hydrogens (tertiary/aromatic N) is 2. The summed E-state index contributed by atoms with van der Waals surface area (Å²) in [5.41, 5.74) is 0.140. The Morgan fingerprint density at radius 3 is 2.67 bits per heavy atom. The number of sulfonamides is 1. The summed E-state index contributed by atoms with van der Waals surface area (Å²) in [5, 5.41) is 13.5. The van der Waals surface area contributed by atoms with Crippen LogP contribution in [0.5, 0.6) is 11.5 Å². The van der Waals surface area contributed by atoms with Crippen molar-refractivity contribution in [1.29, 1.82) is 0 Å². The first-order chi connectivity index (χ1) is 12.7. The molecule has 1 aliphatic rings. The van der Waals surface area contributed by atoms with Gasteiger partial charge in [0, 0.05) is 23.9 Å². The van der Waals surface area contributed by atoms with Crippen molar-refractivity contribution < 1.29 is 27.6 Å². The first-order valence-corrected chi connectivity index (χ1v) is 9.50. The van der Waals surface area contributed by atoms with Crippen molar-refractivity contribution in [2.75, 3.05) is 29.2 Å². The van der Waals surface area contributed by atoms with E-state index >= 15 is 0 Å². The van der Waals surface area contributed by atoms with Crippen molar-refractivity contribution in [3.8, 4) is 11.5 Å². The van der Waals surface area contributed by atoms with Crippen molar-refractivity contribution in [1.82, 2.24) is 0 Å². The van der Waals surface area contributed by atoms with Crippen LogP contribution in [0, 0.1) is 10.1 Å². The monoisotopic (exact) mass is 393 g/mol. The van der Waals surface area contributed by atoms with E-state index in [0.29, 0.717) is 17.2 Å². The molecule has 0 atom stereocenters. The highest BCUT2D eigenvalue weighted by Gasteiger charge is 2.23. The highest BCUT2D eigenvalue weighted by Crippen LogP contribution is 2.34. The van der Waals surface area contributed by atoms with Crippen LogP contribution in [0.1, 0.15) is 0 Å². The number of amides is 1. The fraction of sp³-hybridized carbons (Fsp3) is 0.188. The molecule has 1 N–H and O–H groups in total. The highest BCUT2D eigenvalue weighted by atomic mass is 32.2. The van der Waals surface area contributed by atoms with Crippen molar-refractivity contribution >= 4 is 33.0 Å². The van der Waals surface area contributed by atoms with Gasteiger partial charge >= 0.3 is 0 Å². The van der Waals surface area contributed by atoms with Crippen LogP contribution in [-0.2, 0) is 14.8 Å². The summed E-state index contributed by atoms with van der Waals surface area (Å²) in [6.45, 7) is -0.462. The molecule has 0 aromatic heterocycles. The summed E-state index contributed by atoms with van der Waals surface area (Å²) < 4.78 is 35.4. The minimum absolute atomic E-state index is 0.0209. The smallest absolute Gasteiger partial charge is 0.271 e. The summed E-state index contributed by atoms with van der Waals surface area (Å²) in [6.07, 6.45) is 0.916. The lowest BCUT2D eigenvalue weighted by Crippen LogP contribution is -2.37. The summed E-state index contributed by atoms with van der Waals surface area (Å²) >= 11 is 0. The zero-order valence-electron chi connectivity index (χ0n) is 14.1. The number of nitro groups is 1. The van der Waals surface area contributed by atoms with Crippen LogP contribution in [0.2, 0.25) is 0 Å². The second kappa shape index (κ2) is 7.11. The van der Waals surface area contributed by atoms with Gasteiger partial charge in [0.25, 0.3) is 5.69 Å². The van der Waals surface area contributed by atoms with Crippen LogP contribution in [0.15, 0.2) is 42.5 Å². The maximum Gasteiger partial charge on any atom is 0.271 e. The number of carbonyl (C=O) groups is 1. The van der Waals surface area contributed by atoms with Crippen LogP contribution in [-0.4, -0.2) is 38.8 Å². The van der Waals surface area contributed by atoms with Crippen LogP contribution >= 0.6 is 0 Å². The van der Waals surface area contributed by atoms with Crippen molar-refractivity contribution in [2.24, 2.45) is 0 Å². The Morgan fingerprint density at radius 2 is 1.96 bits per heavy atom. The van der Waals surface area contributed by atoms with Crippen molar-refractivity contribution in [3.63, 3.8) is 0 Å². The lowest BCUT2D eigenvalue weighted by Gasteiger charge is -2.21. The van der Waals surface area contributed by atoms with Gasteiger partial charge in [0.15, 0.2) is 11.5 Å². The third-order valence-corrected chi connectivity index (χ3v) is 4.81. The standard InChI is InChI=1S/C16H15N3O7S/c1-27(23,24)18(12-3-2-4-13(8-12)19(21)22)9-16(20)17-11-5-6-14-15(7-11)26-10-25-14/h2-8H,9-10H2,1H3,(H,17,20). The zero-order valence-corrected chi connectivity index (χ0v) is 14.9. The van der Waals surface area contributed by atoms with E-state index in [1.54, 1.807) is 18.2 Å². The van der Waals surface area contributed by atoms with Crippen LogP contribution < -0.4 is 19.1 Å². The molecule has 0 unspecified atom stereocenters. The molecule has 1 aliphatic heterocycles. The number of hydrogen-bond acceptors (Lipinski definition) is 7. The molecule has 142 valence electrons. The number of non-ortho nitro benzene ring substituents is 1. The second-order valence-corrected chi connectivity index (χ2v) is 7.57. The SMILES string of the molecule is CS(=O)(=O)N(CC(=O)Nc1ccc2c(c1)OCO2)c1cccc([N+](=O)[O-])c1. The number of benzene rings is 2. The Morgan fingerprint density at radius 1 is 1.22 bits per heavy atom. The van der Waals surface area contributed by atoms with Gasteiger partial charge in [-0.3, -0.25) is 19.2 Å². The summed E-state index contributed by atoms with van der Waals surface area (Å²) in [4.78, 5) is 22.6. The predicted molar refractivity (Wildman–Crippen MR) is 96.5 cm³/mol. The molecule has 2 aromatic carbocycles. The number of rotatable bonds is 6. The molecule has 2 aromatic rings. The van der Waals surface area contributed by atoms with Gasteiger partial charge in [0.05, 0.1) is 16.9 Å². The summed E-state index contributed by atoms with van der Waals surface area (Å²) in [5.74, 6) is 0.389. The van der Waals surface area contributed by atoms with Crippen molar-refractivity contribution in [2.45, 2.75) is 0 Å². The fourth-order valence-electron chi connectivity index (χ4n) is 2.47. The first kappa shape index (κ1) is 18.5. The minimum atomic E-state index is -3.85. The fourth-order valence-corrected chi connectivity index (χ4v) is 3.32. The number of fused-ring (bicyclic) bond motifs is 1. The van der Waals surface area contributed by atoms with E-state index in [2.05, 4.69) is 5.32 Å². The van der Waals surface area contributed by atoms with Crippen LogP contribution in [0.25, 0.3) is 0 Å². The molecule has 0 aliphatic carbocycles. The van der Waals surface area contributed by atoms with E-state index in [9.17, 15) is 23.3 Å². The quantitative estimate of drug-likeness (QED) is 0.584. The number of hydrogen-bond donors (Lipinski definition) is 1. The van der Waals surface area contributed by atoms with E-state index in [-0.39, 0.29) is 18.2 Å². The molecule has 0 spiro atoms. The Balaban J connectivity index is 1.80. The molecule has 27 heavy (non-hydrogen) atoms. The van der Waals surface area contributed by atoms with Gasteiger partial charge in [-0.2, -0.15) is 0 Å². The molecule has 0 fully saturated rings. The van der Waals surface area contributed by atoms with E-state index in [1.165, 1.54) is 18.2 Å². The first-order valence-electron chi connectivity index (χ1n) is 7.66. The number of ether oxygens (including phenoxy) is 2. The summed E-state index contributed by atoms with van der Waals surface area (Å²) in [6, 6.07) is 9.81. The predicted octanol–water partition coefficient (Wildman–Crippen LogP) is 1.73.